The van der Waals surface area contributed by atoms with Crippen molar-refractivity contribution in [1.82, 2.24) is 5.32 Å². The molecule has 2 aliphatic heterocycles. The Kier molecular flexibility index (Phi) is 9.02. The van der Waals surface area contributed by atoms with E-state index in [-0.39, 0.29) is 23.9 Å². The number of hydrogen-bond donors (Lipinski definition) is 2. The molecule has 2 heterocycles. The Bertz CT molecular complexity index is 1180. The average Bonchev–Trinajstić information content (AvgIpc) is 2.92. The highest BCUT2D eigenvalue weighted by Crippen LogP contribution is 2.38. The molecule has 0 saturated carbocycles. The summed E-state index contributed by atoms with van der Waals surface area (Å²) < 4.78 is 40.8. The third-order valence-electron chi connectivity index (χ3n) is 6.31. The van der Waals surface area contributed by atoms with Gasteiger partial charge in [0, 0.05) is 18.1 Å². The lowest BCUT2D eigenvalue weighted by molar-refractivity contribution is -0.337. The van der Waals surface area contributed by atoms with Crippen LogP contribution in [-0.4, -0.2) is 80.8 Å². The topological polar surface area (TPSA) is 148 Å². The van der Waals surface area contributed by atoms with E-state index in [2.05, 4.69) is 5.32 Å². The number of carbonyl (C=O) groups excluding carboxylic acids is 2. The molecule has 1 amide bonds. The molecule has 0 aliphatic carbocycles. The van der Waals surface area contributed by atoms with Gasteiger partial charge in [-0.15, -0.1) is 0 Å². The van der Waals surface area contributed by atoms with E-state index in [4.69, 9.17) is 33.2 Å². The largest absolute Gasteiger partial charge is 0.497 e. The predicted octanol–water partition coefficient (Wildman–Crippen LogP) is 2.10. The number of Topliss-reactive ketones (excluding diaryl/α,β-unsaturated/α-hetero) is 1. The maximum atomic E-state index is 12.2. The molecule has 2 saturated heterocycles. The molecule has 2 fully saturated rings. The molecular weight excluding hydrogens is 514 g/mol. The van der Waals surface area contributed by atoms with Gasteiger partial charge in [0.15, 0.2) is 23.6 Å². The SMILES string of the molecule is COc1ccc(C2OCC3OC(Oc4ccc(C(C)=O)cc4OC)C(NC(C)=O)C(OCC(=O)O)C3O2)cc1. The minimum absolute atomic E-state index is 0.0708. The first kappa shape index (κ1) is 28.3. The van der Waals surface area contributed by atoms with E-state index in [1.54, 1.807) is 43.5 Å². The summed E-state index contributed by atoms with van der Waals surface area (Å²) in [6, 6.07) is 10.8. The van der Waals surface area contributed by atoms with Crippen LogP contribution in [0.3, 0.4) is 0 Å². The van der Waals surface area contributed by atoms with E-state index >= 15 is 0 Å². The number of carbonyl (C=O) groups is 3. The summed E-state index contributed by atoms with van der Waals surface area (Å²) in [5, 5.41) is 12.1. The van der Waals surface area contributed by atoms with Gasteiger partial charge in [-0.3, -0.25) is 9.59 Å². The van der Waals surface area contributed by atoms with Gasteiger partial charge in [0.05, 0.1) is 20.8 Å². The van der Waals surface area contributed by atoms with Crippen molar-refractivity contribution in [1.29, 1.82) is 0 Å². The molecule has 0 bridgehead atoms. The summed E-state index contributed by atoms with van der Waals surface area (Å²) in [5.74, 6) is -0.596. The number of ether oxygens (including phenoxy) is 7. The lowest BCUT2D eigenvalue weighted by Gasteiger charge is -2.49. The van der Waals surface area contributed by atoms with Crippen molar-refractivity contribution in [3.63, 3.8) is 0 Å². The zero-order valence-electron chi connectivity index (χ0n) is 21.9. The number of aliphatic carboxylic acids is 1. The standard InChI is InChI=1S/C27H31NO11/c1-14(29)17-7-10-19(20(11-17)34-4)37-27-23(28-15(2)30)25(35-13-22(31)32)24-21(38-27)12-36-26(39-24)16-5-8-18(33-3)9-6-16/h5-11,21,23-27H,12-13H2,1-4H3,(H,28,30)(H,31,32). The van der Waals surface area contributed by atoms with Gasteiger partial charge in [-0.05, 0) is 37.3 Å². The van der Waals surface area contributed by atoms with Crippen molar-refractivity contribution in [2.24, 2.45) is 0 Å². The second kappa shape index (κ2) is 12.4. The molecule has 2 N–H and O–H groups in total. The monoisotopic (exact) mass is 545 g/mol. The van der Waals surface area contributed by atoms with Crippen molar-refractivity contribution in [2.45, 2.75) is 50.8 Å². The van der Waals surface area contributed by atoms with E-state index in [9.17, 15) is 19.5 Å². The number of benzene rings is 2. The van der Waals surface area contributed by atoms with Gasteiger partial charge >= 0.3 is 5.97 Å². The molecule has 6 atom stereocenters. The van der Waals surface area contributed by atoms with E-state index in [0.717, 1.165) is 0 Å². The number of carboxylic acid groups (broad SMARTS) is 1. The first-order valence-corrected chi connectivity index (χ1v) is 12.2. The number of fused-ring (bicyclic) bond motifs is 1. The van der Waals surface area contributed by atoms with Crippen molar-refractivity contribution in [3.05, 3.63) is 53.6 Å². The van der Waals surface area contributed by atoms with Gasteiger partial charge in [0.2, 0.25) is 12.2 Å². The van der Waals surface area contributed by atoms with Gasteiger partial charge in [-0.2, -0.15) is 0 Å². The third kappa shape index (κ3) is 6.66. The number of rotatable bonds is 10. The van der Waals surface area contributed by atoms with Crippen molar-refractivity contribution in [3.8, 4) is 17.2 Å². The fourth-order valence-corrected chi connectivity index (χ4v) is 4.47. The molecule has 2 aromatic rings. The molecule has 2 aliphatic rings. The lowest BCUT2D eigenvalue weighted by Crippen LogP contribution is -2.68. The second-order valence-corrected chi connectivity index (χ2v) is 9.02. The van der Waals surface area contributed by atoms with Crippen molar-refractivity contribution >= 4 is 17.7 Å². The van der Waals surface area contributed by atoms with Crippen molar-refractivity contribution in [2.75, 3.05) is 27.4 Å². The smallest absolute Gasteiger partial charge is 0.329 e. The Morgan fingerprint density at radius 1 is 1.00 bits per heavy atom. The Morgan fingerprint density at radius 2 is 1.74 bits per heavy atom. The molecule has 39 heavy (non-hydrogen) atoms. The van der Waals surface area contributed by atoms with Crippen LogP contribution in [0.2, 0.25) is 0 Å². The van der Waals surface area contributed by atoms with E-state index < -0.39 is 55.4 Å². The highest BCUT2D eigenvalue weighted by molar-refractivity contribution is 5.94. The third-order valence-corrected chi connectivity index (χ3v) is 6.31. The van der Waals surface area contributed by atoms with Crippen LogP contribution in [0.15, 0.2) is 42.5 Å². The quantitative estimate of drug-likeness (QED) is 0.423. The van der Waals surface area contributed by atoms with E-state index in [1.807, 2.05) is 0 Å². The number of amides is 1. The first-order valence-electron chi connectivity index (χ1n) is 12.2. The number of ketones is 1. The van der Waals surface area contributed by atoms with Gasteiger partial charge in [0.1, 0.15) is 36.7 Å². The average molecular weight is 546 g/mol. The van der Waals surface area contributed by atoms with Crippen LogP contribution < -0.4 is 19.5 Å². The normalized spacial score (nSPS) is 26.2. The van der Waals surface area contributed by atoms with Gasteiger partial charge in [0.25, 0.3) is 0 Å². The maximum absolute atomic E-state index is 12.2. The molecule has 6 unspecified atom stereocenters. The summed E-state index contributed by atoms with van der Waals surface area (Å²) in [6.07, 6.45) is -4.47. The highest BCUT2D eigenvalue weighted by Gasteiger charge is 2.52. The fraction of sp³-hybridized carbons (Fsp3) is 0.444. The molecule has 12 nitrogen and oxygen atoms in total. The van der Waals surface area contributed by atoms with Gasteiger partial charge < -0.3 is 43.6 Å². The molecule has 2 aromatic carbocycles. The van der Waals surface area contributed by atoms with E-state index in [0.29, 0.717) is 16.9 Å². The number of hydrogen-bond acceptors (Lipinski definition) is 10. The zero-order chi connectivity index (χ0) is 28.1. The summed E-state index contributed by atoms with van der Waals surface area (Å²) in [6.45, 7) is 2.16. The van der Waals surface area contributed by atoms with Gasteiger partial charge in [-0.1, -0.05) is 12.1 Å². The molecule has 0 spiro atoms. The zero-order valence-corrected chi connectivity index (χ0v) is 21.9. The second-order valence-electron chi connectivity index (χ2n) is 9.02. The van der Waals surface area contributed by atoms with E-state index in [1.165, 1.54) is 27.0 Å². The Balaban J connectivity index is 1.64. The summed E-state index contributed by atoms with van der Waals surface area (Å²) in [5.41, 5.74) is 1.12. The molecule has 4 rings (SSSR count). The van der Waals surface area contributed by atoms with Gasteiger partial charge in [-0.25, -0.2) is 4.79 Å². The van der Waals surface area contributed by atoms with Crippen LogP contribution >= 0.6 is 0 Å². The summed E-state index contributed by atoms with van der Waals surface area (Å²) >= 11 is 0. The van der Waals surface area contributed by atoms with Crippen LogP contribution in [0.4, 0.5) is 0 Å². The number of carboxylic acids is 1. The first-order chi connectivity index (χ1) is 18.7. The van der Waals surface area contributed by atoms with Crippen LogP contribution in [0.1, 0.15) is 36.1 Å². The maximum Gasteiger partial charge on any atom is 0.329 e. The number of nitrogens with one attached hydrogen (secondary N) is 1. The van der Waals surface area contributed by atoms with Crippen LogP contribution in [0.25, 0.3) is 0 Å². The molecule has 0 radical (unpaired) electrons. The predicted molar refractivity (Wildman–Crippen MR) is 134 cm³/mol. The molecule has 0 aromatic heterocycles. The van der Waals surface area contributed by atoms with Crippen molar-refractivity contribution < 1.29 is 52.6 Å². The fourth-order valence-electron chi connectivity index (χ4n) is 4.47. The Morgan fingerprint density at radius 3 is 2.36 bits per heavy atom. The molecular formula is C27H31NO11. The Labute approximate surface area is 225 Å². The lowest BCUT2D eigenvalue weighted by atomic mass is 9.95. The van der Waals surface area contributed by atoms with Crippen LogP contribution in [0.5, 0.6) is 17.2 Å². The molecule has 12 heteroatoms. The Hall–Kier alpha value is -3.71. The minimum Gasteiger partial charge on any atom is -0.497 e. The number of methoxy groups -OCH3 is 2. The van der Waals surface area contributed by atoms with Crippen LogP contribution in [-0.2, 0) is 28.5 Å². The van der Waals surface area contributed by atoms with Crippen LogP contribution in [0, 0.1) is 0 Å². The molecule has 210 valence electrons. The highest BCUT2D eigenvalue weighted by atomic mass is 16.8. The minimum atomic E-state index is -1.20. The summed E-state index contributed by atoms with van der Waals surface area (Å²) in [4.78, 5) is 35.4. The summed E-state index contributed by atoms with van der Waals surface area (Å²) in [7, 11) is 2.99.